The minimum absolute atomic E-state index is 0.0157. The third kappa shape index (κ3) is 3.25. The number of hydrogen-bond donors (Lipinski definition) is 2. The second kappa shape index (κ2) is 5.36. The van der Waals surface area contributed by atoms with Gasteiger partial charge in [0.1, 0.15) is 5.75 Å². The number of aliphatic carboxylic acids is 1. The molecule has 1 rings (SSSR count). The predicted octanol–water partition coefficient (Wildman–Crippen LogP) is 1.07. The molecule has 15 heavy (non-hydrogen) atoms. The third-order valence-electron chi connectivity index (χ3n) is 2.01. The van der Waals surface area contributed by atoms with Gasteiger partial charge >= 0.3 is 5.97 Å². The number of hydrogen-bond acceptors (Lipinski definition) is 3. The van der Waals surface area contributed by atoms with Crippen molar-refractivity contribution in [2.75, 3.05) is 6.61 Å². The Kier molecular flexibility index (Phi) is 4.12. The zero-order chi connectivity index (χ0) is 11.3. The van der Waals surface area contributed by atoms with E-state index in [0.29, 0.717) is 12.2 Å². The molecule has 0 amide bonds. The maximum absolute atomic E-state index is 10.6. The maximum atomic E-state index is 10.6. The van der Waals surface area contributed by atoms with Crippen molar-refractivity contribution < 1.29 is 19.7 Å². The van der Waals surface area contributed by atoms with Crippen molar-refractivity contribution >= 4 is 5.97 Å². The Labute approximate surface area is 88.1 Å². The molecule has 4 nitrogen and oxygen atoms in total. The van der Waals surface area contributed by atoms with Gasteiger partial charge in [0.2, 0.25) is 0 Å². The van der Waals surface area contributed by atoms with Gasteiger partial charge in [-0.15, -0.1) is 0 Å². The minimum atomic E-state index is -1.01. The first-order valence-electron chi connectivity index (χ1n) is 4.73. The summed E-state index contributed by atoms with van der Waals surface area (Å²) in [4.78, 5) is 10.6. The van der Waals surface area contributed by atoms with Crippen LogP contribution < -0.4 is 4.74 Å². The van der Waals surface area contributed by atoms with Crippen molar-refractivity contribution in [1.82, 2.24) is 0 Å². The number of rotatable bonds is 5. The zero-order valence-electron chi connectivity index (χ0n) is 8.51. The molecule has 82 valence electrons. The number of benzene rings is 1. The number of aliphatic hydroxyl groups is 1. The molecule has 0 saturated heterocycles. The standard InChI is InChI=1S/C11H14O4/c1-8(11(13)14)15-10-5-3-2-4-9(10)6-7-12/h2-5,8,12H,6-7H2,1H3,(H,13,14)/t8-/m0/s1. The van der Waals surface area contributed by atoms with E-state index in [1.807, 2.05) is 6.07 Å². The molecule has 0 saturated carbocycles. The Balaban J connectivity index is 2.79. The molecule has 0 spiro atoms. The fourth-order valence-corrected chi connectivity index (χ4v) is 1.19. The molecule has 4 heteroatoms. The number of carboxylic acids is 1. The van der Waals surface area contributed by atoms with Crippen molar-refractivity contribution in [2.45, 2.75) is 19.4 Å². The molecule has 1 aromatic carbocycles. The molecule has 0 fully saturated rings. The van der Waals surface area contributed by atoms with Crippen LogP contribution in [0.1, 0.15) is 12.5 Å². The largest absolute Gasteiger partial charge is 0.479 e. The van der Waals surface area contributed by atoms with Crippen LogP contribution in [0, 0.1) is 0 Å². The summed E-state index contributed by atoms with van der Waals surface area (Å²) in [7, 11) is 0. The average Bonchev–Trinajstić information content (AvgIpc) is 2.21. The van der Waals surface area contributed by atoms with Crippen LogP contribution >= 0.6 is 0 Å². The van der Waals surface area contributed by atoms with E-state index in [-0.39, 0.29) is 6.61 Å². The van der Waals surface area contributed by atoms with Gasteiger partial charge in [-0.2, -0.15) is 0 Å². The Bertz CT molecular complexity index is 335. The van der Waals surface area contributed by atoms with E-state index in [4.69, 9.17) is 14.9 Å². The minimum Gasteiger partial charge on any atom is -0.479 e. The lowest BCUT2D eigenvalue weighted by Gasteiger charge is -2.13. The van der Waals surface area contributed by atoms with Crippen LogP contribution in [0.15, 0.2) is 24.3 Å². The van der Waals surface area contributed by atoms with Crippen LogP contribution in [0.3, 0.4) is 0 Å². The normalized spacial score (nSPS) is 12.1. The van der Waals surface area contributed by atoms with Gasteiger partial charge < -0.3 is 14.9 Å². The van der Waals surface area contributed by atoms with Crippen LogP contribution in [0.2, 0.25) is 0 Å². The summed E-state index contributed by atoms with van der Waals surface area (Å²) >= 11 is 0. The molecule has 0 radical (unpaired) electrons. The fourth-order valence-electron chi connectivity index (χ4n) is 1.19. The lowest BCUT2D eigenvalue weighted by atomic mass is 10.1. The first-order chi connectivity index (χ1) is 7.15. The Morgan fingerprint density at radius 2 is 2.13 bits per heavy atom. The zero-order valence-corrected chi connectivity index (χ0v) is 8.51. The highest BCUT2D eigenvalue weighted by Crippen LogP contribution is 2.19. The fraction of sp³-hybridized carbons (Fsp3) is 0.364. The summed E-state index contributed by atoms with van der Waals surface area (Å²) in [6.07, 6.45) is -0.424. The van der Waals surface area contributed by atoms with Crippen LogP contribution in [0.4, 0.5) is 0 Å². The Hall–Kier alpha value is -1.55. The van der Waals surface area contributed by atoms with Crippen molar-refractivity contribution in [3.63, 3.8) is 0 Å². The molecule has 0 unspecified atom stereocenters. The Morgan fingerprint density at radius 3 is 2.73 bits per heavy atom. The van der Waals surface area contributed by atoms with Gasteiger partial charge in [0.25, 0.3) is 0 Å². The smallest absolute Gasteiger partial charge is 0.344 e. The van der Waals surface area contributed by atoms with Crippen molar-refractivity contribution in [2.24, 2.45) is 0 Å². The van der Waals surface area contributed by atoms with E-state index in [0.717, 1.165) is 5.56 Å². The summed E-state index contributed by atoms with van der Waals surface area (Å²) in [5.41, 5.74) is 0.813. The van der Waals surface area contributed by atoms with E-state index in [1.54, 1.807) is 18.2 Å². The lowest BCUT2D eigenvalue weighted by Crippen LogP contribution is -2.23. The van der Waals surface area contributed by atoms with E-state index >= 15 is 0 Å². The summed E-state index contributed by atoms with van der Waals surface area (Å²) in [5, 5.41) is 17.5. The van der Waals surface area contributed by atoms with Gasteiger partial charge in [-0.3, -0.25) is 0 Å². The summed E-state index contributed by atoms with van der Waals surface area (Å²) in [5.74, 6) is -0.491. The highest BCUT2D eigenvalue weighted by atomic mass is 16.5. The van der Waals surface area contributed by atoms with Gasteiger partial charge in [0.05, 0.1) is 0 Å². The third-order valence-corrected chi connectivity index (χ3v) is 2.01. The molecule has 0 aliphatic heterocycles. The van der Waals surface area contributed by atoms with Gasteiger partial charge in [0.15, 0.2) is 6.10 Å². The van der Waals surface area contributed by atoms with Crippen molar-refractivity contribution in [1.29, 1.82) is 0 Å². The van der Waals surface area contributed by atoms with Gasteiger partial charge in [-0.25, -0.2) is 4.79 Å². The van der Waals surface area contributed by atoms with Gasteiger partial charge in [0, 0.05) is 6.61 Å². The van der Waals surface area contributed by atoms with E-state index in [1.165, 1.54) is 6.92 Å². The molecule has 0 heterocycles. The molecular weight excluding hydrogens is 196 g/mol. The molecule has 0 aliphatic rings. The Morgan fingerprint density at radius 1 is 1.47 bits per heavy atom. The van der Waals surface area contributed by atoms with Crippen molar-refractivity contribution in [3.05, 3.63) is 29.8 Å². The SMILES string of the molecule is C[C@H](Oc1ccccc1CCO)C(=O)O. The summed E-state index contributed by atoms with van der Waals surface area (Å²) in [6.45, 7) is 1.49. The predicted molar refractivity (Wildman–Crippen MR) is 55.0 cm³/mol. The second-order valence-electron chi connectivity index (χ2n) is 3.18. The lowest BCUT2D eigenvalue weighted by molar-refractivity contribution is -0.144. The number of aliphatic hydroxyl groups excluding tert-OH is 1. The van der Waals surface area contributed by atoms with Crippen molar-refractivity contribution in [3.8, 4) is 5.75 Å². The highest BCUT2D eigenvalue weighted by molar-refractivity contribution is 5.72. The maximum Gasteiger partial charge on any atom is 0.344 e. The second-order valence-corrected chi connectivity index (χ2v) is 3.18. The molecule has 1 atom stereocenters. The first kappa shape index (κ1) is 11.5. The summed E-state index contributed by atoms with van der Waals surface area (Å²) < 4.78 is 5.25. The van der Waals surface area contributed by atoms with Gasteiger partial charge in [-0.05, 0) is 25.0 Å². The molecule has 0 aliphatic carbocycles. The molecule has 1 aromatic rings. The van der Waals surface area contributed by atoms with Crippen LogP contribution in [-0.4, -0.2) is 28.9 Å². The summed E-state index contributed by atoms with van der Waals surface area (Å²) in [6, 6.07) is 7.10. The van der Waals surface area contributed by atoms with E-state index < -0.39 is 12.1 Å². The van der Waals surface area contributed by atoms with Crippen LogP contribution in [0.5, 0.6) is 5.75 Å². The van der Waals surface area contributed by atoms with E-state index in [2.05, 4.69) is 0 Å². The topological polar surface area (TPSA) is 66.8 Å². The first-order valence-corrected chi connectivity index (χ1v) is 4.73. The molecular formula is C11H14O4. The van der Waals surface area contributed by atoms with Gasteiger partial charge in [-0.1, -0.05) is 18.2 Å². The van der Waals surface area contributed by atoms with Crippen LogP contribution in [-0.2, 0) is 11.2 Å². The molecule has 0 aromatic heterocycles. The average molecular weight is 210 g/mol. The highest BCUT2D eigenvalue weighted by Gasteiger charge is 2.13. The number of para-hydroxylation sites is 1. The molecule has 2 N–H and O–H groups in total. The van der Waals surface area contributed by atoms with E-state index in [9.17, 15) is 4.79 Å². The monoisotopic (exact) mass is 210 g/mol. The number of carboxylic acid groups (broad SMARTS) is 1. The molecule has 0 bridgehead atoms. The number of ether oxygens (including phenoxy) is 1. The van der Waals surface area contributed by atoms with Crippen LogP contribution in [0.25, 0.3) is 0 Å². The quantitative estimate of drug-likeness (QED) is 0.763. The number of carbonyl (C=O) groups is 1.